The Balaban J connectivity index is 2.33. The number of carboxylic acids is 1. The summed E-state index contributed by atoms with van der Waals surface area (Å²) in [6.45, 7) is 0.281. The molecule has 6 heteroatoms. The van der Waals surface area contributed by atoms with E-state index in [1.54, 1.807) is 5.38 Å². The zero-order valence-electron chi connectivity index (χ0n) is 6.16. The van der Waals surface area contributed by atoms with Crippen molar-refractivity contribution in [2.75, 3.05) is 6.54 Å². The van der Waals surface area contributed by atoms with Crippen LogP contribution in [0.2, 0.25) is 0 Å². The highest BCUT2D eigenvalue weighted by atomic mass is 32.1. The fourth-order valence-electron chi connectivity index (χ4n) is 0.705. The van der Waals surface area contributed by atoms with E-state index < -0.39 is 5.97 Å². The monoisotopic (exact) mass is 188 g/mol. The molecule has 1 rings (SSSR count). The predicted octanol–water partition coefficient (Wildman–Crippen LogP) is -0.389. The summed E-state index contributed by atoms with van der Waals surface area (Å²) >= 11 is 1.06. The first-order chi connectivity index (χ1) is 5.68. The van der Waals surface area contributed by atoms with Gasteiger partial charge in [0.1, 0.15) is 0 Å². The average Bonchev–Trinajstić information content (AvgIpc) is 2.35. The van der Waals surface area contributed by atoms with Gasteiger partial charge in [0.2, 0.25) is 0 Å². The SMILES string of the molecule is O=C(O)CNCc1csc(=O)[nH]1. The zero-order valence-corrected chi connectivity index (χ0v) is 6.98. The van der Waals surface area contributed by atoms with Crippen molar-refractivity contribution >= 4 is 17.3 Å². The molecule has 0 aromatic carbocycles. The van der Waals surface area contributed by atoms with Gasteiger partial charge in [0.25, 0.3) is 0 Å². The number of hydrogen-bond donors (Lipinski definition) is 3. The molecular weight excluding hydrogens is 180 g/mol. The lowest BCUT2D eigenvalue weighted by Crippen LogP contribution is -2.22. The maximum Gasteiger partial charge on any atom is 0.317 e. The Labute approximate surface area is 72.1 Å². The van der Waals surface area contributed by atoms with Gasteiger partial charge in [-0.05, 0) is 0 Å². The lowest BCUT2D eigenvalue weighted by Gasteiger charge is -1.96. The second-order valence-electron chi connectivity index (χ2n) is 2.17. The van der Waals surface area contributed by atoms with Crippen LogP contribution in [0.15, 0.2) is 10.2 Å². The van der Waals surface area contributed by atoms with E-state index >= 15 is 0 Å². The van der Waals surface area contributed by atoms with Gasteiger partial charge in [-0.1, -0.05) is 11.3 Å². The Bertz CT molecular complexity index is 317. The number of aliphatic carboxylic acids is 1. The van der Waals surface area contributed by atoms with Crippen LogP contribution in [0.1, 0.15) is 5.69 Å². The number of carbonyl (C=O) groups is 1. The van der Waals surface area contributed by atoms with Crippen LogP contribution in [-0.4, -0.2) is 22.6 Å². The van der Waals surface area contributed by atoms with E-state index in [-0.39, 0.29) is 11.4 Å². The van der Waals surface area contributed by atoms with Crippen molar-refractivity contribution < 1.29 is 9.90 Å². The van der Waals surface area contributed by atoms with Gasteiger partial charge in [0.15, 0.2) is 0 Å². The van der Waals surface area contributed by atoms with E-state index in [0.717, 1.165) is 11.3 Å². The van der Waals surface area contributed by atoms with E-state index in [4.69, 9.17) is 5.11 Å². The van der Waals surface area contributed by atoms with Crippen molar-refractivity contribution in [2.45, 2.75) is 6.54 Å². The van der Waals surface area contributed by atoms with Gasteiger partial charge in [0, 0.05) is 17.6 Å². The van der Waals surface area contributed by atoms with E-state index in [2.05, 4.69) is 10.3 Å². The fourth-order valence-corrected chi connectivity index (χ4v) is 1.29. The van der Waals surface area contributed by atoms with Crippen LogP contribution in [0.4, 0.5) is 0 Å². The summed E-state index contributed by atoms with van der Waals surface area (Å²) in [5, 5.41) is 12.6. The van der Waals surface area contributed by atoms with Crippen LogP contribution in [-0.2, 0) is 11.3 Å². The van der Waals surface area contributed by atoms with E-state index in [1.807, 2.05) is 0 Å². The molecule has 0 aliphatic heterocycles. The molecule has 0 aliphatic carbocycles. The van der Waals surface area contributed by atoms with Gasteiger partial charge in [0.05, 0.1) is 6.54 Å². The van der Waals surface area contributed by atoms with Gasteiger partial charge in [-0.25, -0.2) is 0 Å². The van der Waals surface area contributed by atoms with E-state index in [1.165, 1.54) is 0 Å². The first kappa shape index (κ1) is 8.95. The van der Waals surface area contributed by atoms with Gasteiger partial charge in [-0.3, -0.25) is 9.59 Å². The molecule has 0 bridgehead atoms. The molecule has 66 valence electrons. The van der Waals surface area contributed by atoms with Gasteiger partial charge in [-0.2, -0.15) is 0 Å². The predicted molar refractivity (Wildman–Crippen MR) is 44.3 cm³/mol. The van der Waals surface area contributed by atoms with Crippen LogP contribution >= 0.6 is 11.3 Å². The summed E-state index contributed by atoms with van der Waals surface area (Å²) in [7, 11) is 0. The van der Waals surface area contributed by atoms with Crippen LogP contribution in [0.5, 0.6) is 0 Å². The van der Waals surface area contributed by atoms with Crippen molar-refractivity contribution in [3.05, 3.63) is 20.7 Å². The van der Waals surface area contributed by atoms with Crippen molar-refractivity contribution in [3.8, 4) is 0 Å². The Morgan fingerprint density at radius 1 is 1.75 bits per heavy atom. The van der Waals surface area contributed by atoms with Crippen LogP contribution < -0.4 is 10.2 Å². The van der Waals surface area contributed by atoms with E-state index in [0.29, 0.717) is 12.2 Å². The molecule has 1 heterocycles. The lowest BCUT2D eigenvalue weighted by molar-refractivity contribution is -0.135. The molecule has 0 saturated heterocycles. The topological polar surface area (TPSA) is 82.2 Å². The number of rotatable bonds is 4. The summed E-state index contributed by atoms with van der Waals surface area (Å²) in [6.07, 6.45) is 0. The molecular formula is C6H8N2O3S. The molecule has 12 heavy (non-hydrogen) atoms. The standard InChI is InChI=1S/C6H8N2O3S/c9-5(10)2-7-1-4-3-12-6(11)8-4/h3,7H,1-2H2,(H,8,11)(H,9,10). The van der Waals surface area contributed by atoms with Gasteiger partial charge in [-0.15, -0.1) is 0 Å². The Morgan fingerprint density at radius 2 is 2.50 bits per heavy atom. The molecule has 0 atom stereocenters. The number of carboxylic acid groups (broad SMARTS) is 1. The third kappa shape index (κ3) is 2.85. The number of H-pyrrole nitrogens is 1. The molecule has 0 unspecified atom stereocenters. The molecule has 0 saturated carbocycles. The summed E-state index contributed by atoms with van der Waals surface area (Å²) in [4.78, 5) is 23.1. The summed E-state index contributed by atoms with van der Waals surface area (Å²) in [6, 6.07) is 0. The number of nitrogens with one attached hydrogen (secondary N) is 2. The van der Waals surface area contributed by atoms with Crippen molar-refractivity contribution in [1.29, 1.82) is 0 Å². The normalized spacial score (nSPS) is 10.0. The maximum atomic E-state index is 10.6. The largest absolute Gasteiger partial charge is 0.480 e. The van der Waals surface area contributed by atoms with Crippen molar-refractivity contribution in [1.82, 2.24) is 10.3 Å². The average molecular weight is 188 g/mol. The number of aromatic amines is 1. The van der Waals surface area contributed by atoms with E-state index in [9.17, 15) is 9.59 Å². The minimum atomic E-state index is -0.910. The summed E-state index contributed by atoms with van der Waals surface area (Å²) < 4.78 is 0. The molecule has 0 amide bonds. The smallest absolute Gasteiger partial charge is 0.317 e. The highest BCUT2D eigenvalue weighted by Crippen LogP contribution is 1.93. The number of thiazole rings is 1. The Hall–Kier alpha value is -1.14. The van der Waals surface area contributed by atoms with Crippen LogP contribution in [0.3, 0.4) is 0 Å². The molecule has 0 spiro atoms. The van der Waals surface area contributed by atoms with Crippen molar-refractivity contribution in [3.63, 3.8) is 0 Å². The highest BCUT2D eigenvalue weighted by molar-refractivity contribution is 7.07. The van der Waals surface area contributed by atoms with Crippen LogP contribution in [0, 0.1) is 0 Å². The molecule has 0 radical (unpaired) electrons. The molecule has 3 N–H and O–H groups in total. The molecule has 1 aromatic heterocycles. The Kier molecular flexibility index (Phi) is 3.01. The quantitative estimate of drug-likeness (QED) is 0.601. The minimum absolute atomic E-state index is 0.0993. The summed E-state index contributed by atoms with van der Waals surface area (Å²) in [5.74, 6) is -0.910. The van der Waals surface area contributed by atoms with Crippen molar-refractivity contribution in [2.24, 2.45) is 0 Å². The molecule has 1 aromatic rings. The third-order valence-electron chi connectivity index (χ3n) is 1.16. The number of aromatic nitrogens is 1. The molecule has 0 aliphatic rings. The highest BCUT2D eigenvalue weighted by Gasteiger charge is 1.97. The maximum absolute atomic E-state index is 10.6. The number of hydrogen-bond acceptors (Lipinski definition) is 4. The minimum Gasteiger partial charge on any atom is -0.480 e. The lowest BCUT2D eigenvalue weighted by atomic mass is 10.5. The molecule has 0 fully saturated rings. The second-order valence-corrected chi connectivity index (χ2v) is 3.01. The van der Waals surface area contributed by atoms with Gasteiger partial charge >= 0.3 is 10.8 Å². The first-order valence-corrected chi connectivity index (χ1v) is 4.15. The molecule has 5 nitrogen and oxygen atoms in total. The van der Waals surface area contributed by atoms with Gasteiger partial charge < -0.3 is 15.4 Å². The summed E-state index contributed by atoms with van der Waals surface area (Å²) in [5.41, 5.74) is 0.714. The second kappa shape index (κ2) is 4.03. The fraction of sp³-hybridized carbons (Fsp3) is 0.333. The first-order valence-electron chi connectivity index (χ1n) is 3.27. The Morgan fingerprint density at radius 3 is 3.00 bits per heavy atom. The van der Waals surface area contributed by atoms with Crippen LogP contribution in [0.25, 0.3) is 0 Å². The zero-order chi connectivity index (χ0) is 8.97. The third-order valence-corrected chi connectivity index (χ3v) is 1.88.